The fraction of sp³-hybridized carbons (Fsp3) is 0.238. The SMILES string of the molecule is O=C(O)[C@@H]1Cc2ccccc2CN1C(=O)CCn1c(=O)[nH]c(=O)c2ccccc21. The third kappa shape index (κ3) is 3.44. The van der Waals surface area contributed by atoms with Gasteiger partial charge in [0.2, 0.25) is 5.91 Å². The van der Waals surface area contributed by atoms with Crippen LogP contribution in [0.25, 0.3) is 10.9 Å². The van der Waals surface area contributed by atoms with Gasteiger partial charge in [-0.3, -0.25) is 19.1 Å². The van der Waals surface area contributed by atoms with Crippen LogP contribution in [0, 0.1) is 0 Å². The number of rotatable bonds is 4. The Morgan fingerprint density at radius 1 is 1.03 bits per heavy atom. The lowest BCUT2D eigenvalue weighted by atomic mass is 9.93. The molecule has 148 valence electrons. The van der Waals surface area contributed by atoms with Crippen LogP contribution in [0.2, 0.25) is 0 Å². The first-order chi connectivity index (χ1) is 14.0. The maximum Gasteiger partial charge on any atom is 0.328 e. The number of aromatic amines is 1. The molecule has 0 spiro atoms. The number of aryl methyl sites for hydroxylation is 1. The average molecular weight is 393 g/mol. The molecule has 1 atom stereocenters. The number of benzene rings is 2. The Morgan fingerprint density at radius 3 is 2.48 bits per heavy atom. The molecule has 8 heteroatoms. The van der Waals surface area contributed by atoms with E-state index < -0.39 is 23.3 Å². The van der Waals surface area contributed by atoms with Crippen LogP contribution in [0.5, 0.6) is 0 Å². The number of H-pyrrole nitrogens is 1. The van der Waals surface area contributed by atoms with E-state index in [4.69, 9.17) is 0 Å². The van der Waals surface area contributed by atoms with Crippen LogP contribution in [-0.4, -0.2) is 37.5 Å². The molecule has 0 saturated heterocycles. The Labute approximate surface area is 165 Å². The smallest absolute Gasteiger partial charge is 0.328 e. The first-order valence-corrected chi connectivity index (χ1v) is 9.26. The molecule has 2 heterocycles. The predicted molar refractivity (Wildman–Crippen MR) is 106 cm³/mol. The van der Waals surface area contributed by atoms with Crippen molar-refractivity contribution in [2.24, 2.45) is 0 Å². The van der Waals surface area contributed by atoms with Crippen molar-refractivity contribution in [1.29, 1.82) is 0 Å². The molecule has 2 aromatic carbocycles. The lowest BCUT2D eigenvalue weighted by molar-refractivity contribution is -0.151. The van der Waals surface area contributed by atoms with Gasteiger partial charge in [0.25, 0.3) is 5.56 Å². The fourth-order valence-electron chi connectivity index (χ4n) is 3.82. The highest BCUT2D eigenvalue weighted by atomic mass is 16.4. The van der Waals surface area contributed by atoms with Crippen LogP contribution < -0.4 is 11.2 Å². The van der Waals surface area contributed by atoms with E-state index in [-0.39, 0.29) is 31.8 Å². The van der Waals surface area contributed by atoms with Gasteiger partial charge in [0.15, 0.2) is 0 Å². The summed E-state index contributed by atoms with van der Waals surface area (Å²) in [4.78, 5) is 52.5. The largest absolute Gasteiger partial charge is 0.480 e. The molecule has 0 fully saturated rings. The van der Waals surface area contributed by atoms with Crippen LogP contribution >= 0.6 is 0 Å². The second-order valence-corrected chi connectivity index (χ2v) is 7.03. The Hall–Kier alpha value is -3.68. The van der Waals surface area contributed by atoms with E-state index in [2.05, 4.69) is 4.98 Å². The van der Waals surface area contributed by atoms with E-state index in [0.717, 1.165) is 11.1 Å². The van der Waals surface area contributed by atoms with E-state index in [0.29, 0.717) is 10.9 Å². The molecule has 1 amide bonds. The number of fused-ring (bicyclic) bond motifs is 2. The monoisotopic (exact) mass is 393 g/mol. The molecular weight excluding hydrogens is 374 g/mol. The van der Waals surface area contributed by atoms with Gasteiger partial charge in [-0.2, -0.15) is 0 Å². The van der Waals surface area contributed by atoms with Crippen LogP contribution in [0.3, 0.4) is 0 Å². The number of para-hydroxylation sites is 1. The third-order valence-electron chi connectivity index (χ3n) is 5.31. The minimum atomic E-state index is -1.06. The molecule has 1 aliphatic rings. The first kappa shape index (κ1) is 18.7. The zero-order chi connectivity index (χ0) is 20.5. The maximum atomic E-state index is 12.9. The quantitative estimate of drug-likeness (QED) is 0.690. The zero-order valence-electron chi connectivity index (χ0n) is 15.5. The van der Waals surface area contributed by atoms with Crippen molar-refractivity contribution < 1.29 is 14.7 Å². The van der Waals surface area contributed by atoms with Gasteiger partial charge in [-0.15, -0.1) is 0 Å². The molecule has 0 unspecified atom stereocenters. The summed E-state index contributed by atoms with van der Waals surface area (Å²) >= 11 is 0. The Morgan fingerprint density at radius 2 is 1.72 bits per heavy atom. The van der Waals surface area contributed by atoms with Gasteiger partial charge in [0.1, 0.15) is 6.04 Å². The van der Waals surface area contributed by atoms with Crippen LogP contribution in [0.15, 0.2) is 58.1 Å². The summed E-state index contributed by atoms with van der Waals surface area (Å²) in [6.45, 7) is 0.257. The van der Waals surface area contributed by atoms with Crippen molar-refractivity contribution in [2.75, 3.05) is 0 Å². The highest BCUT2D eigenvalue weighted by Crippen LogP contribution is 2.24. The van der Waals surface area contributed by atoms with Crippen LogP contribution in [0.1, 0.15) is 17.5 Å². The lowest BCUT2D eigenvalue weighted by Gasteiger charge is -2.34. The topological polar surface area (TPSA) is 112 Å². The van der Waals surface area contributed by atoms with Gasteiger partial charge < -0.3 is 10.0 Å². The van der Waals surface area contributed by atoms with Crippen molar-refractivity contribution in [1.82, 2.24) is 14.5 Å². The number of carbonyl (C=O) groups is 2. The van der Waals surface area contributed by atoms with Gasteiger partial charge in [-0.05, 0) is 23.3 Å². The number of hydrogen-bond donors (Lipinski definition) is 2. The highest BCUT2D eigenvalue weighted by molar-refractivity contribution is 5.85. The first-order valence-electron chi connectivity index (χ1n) is 9.26. The Balaban J connectivity index is 1.60. The van der Waals surface area contributed by atoms with E-state index in [1.807, 2.05) is 24.3 Å². The number of aliphatic carboxylic acids is 1. The van der Waals surface area contributed by atoms with Crippen molar-refractivity contribution >= 4 is 22.8 Å². The van der Waals surface area contributed by atoms with E-state index >= 15 is 0 Å². The molecule has 0 bridgehead atoms. The summed E-state index contributed by atoms with van der Waals surface area (Å²) in [7, 11) is 0. The minimum absolute atomic E-state index is 0.0411. The number of carbonyl (C=O) groups excluding carboxylic acids is 1. The van der Waals surface area contributed by atoms with Crippen molar-refractivity contribution in [3.63, 3.8) is 0 Å². The van der Waals surface area contributed by atoms with Crippen molar-refractivity contribution in [3.8, 4) is 0 Å². The summed E-state index contributed by atoms with van der Waals surface area (Å²) in [6.07, 6.45) is 0.195. The minimum Gasteiger partial charge on any atom is -0.480 e. The van der Waals surface area contributed by atoms with Crippen LogP contribution in [-0.2, 0) is 29.1 Å². The zero-order valence-corrected chi connectivity index (χ0v) is 15.5. The molecule has 29 heavy (non-hydrogen) atoms. The second kappa shape index (κ2) is 7.38. The van der Waals surface area contributed by atoms with Gasteiger partial charge in [0, 0.05) is 25.9 Å². The molecule has 0 saturated carbocycles. The summed E-state index contributed by atoms with van der Waals surface area (Å²) < 4.78 is 1.34. The third-order valence-corrected chi connectivity index (χ3v) is 5.31. The number of hydrogen-bond acceptors (Lipinski definition) is 4. The molecule has 8 nitrogen and oxygen atoms in total. The number of nitrogens with zero attached hydrogens (tertiary/aromatic N) is 2. The maximum absolute atomic E-state index is 12.9. The van der Waals surface area contributed by atoms with E-state index in [1.165, 1.54) is 9.47 Å². The summed E-state index contributed by atoms with van der Waals surface area (Å²) in [5, 5.41) is 9.95. The summed E-state index contributed by atoms with van der Waals surface area (Å²) in [5.74, 6) is -1.41. The number of nitrogens with one attached hydrogen (secondary N) is 1. The van der Waals surface area contributed by atoms with E-state index in [1.54, 1.807) is 24.3 Å². The molecule has 1 aromatic heterocycles. The molecule has 4 rings (SSSR count). The molecule has 0 aliphatic carbocycles. The van der Waals surface area contributed by atoms with Gasteiger partial charge in [-0.25, -0.2) is 9.59 Å². The number of carboxylic acids is 1. The summed E-state index contributed by atoms with van der Waals surface area (Å²) in [6, 6.07) is 13.2. The van der Waals surface area contributed by atoms with E-state index in [9.17, 15) is 24.3 Å². The van der Waals surface area contributed by atoms with Crippen LogP contribution in [0.4, 0.5) is 0 Å². The van der Waals surface area contributed by atoms with Crippen molar-refractivity contribution in [2.45, 2.75) is 32.0 Å². The second-order valence-electron chi connectivity index (χ2n) is 7.03. The lowest BCUT2D eigenvalue weighted by Crippen LogP contribution is -2.49. The average Bonchev–Trinajstić information content (AvgIpc) is 2.72. The molecular formula is C21H19N3O5. The molecule has 1 aliphatic heterocycles. The fourth-order valence-corrected chi connectivity index (χ4v) is 3.82. The van der Waals surface area contributed by atoms with Gasteiger partial charge in [0.05, 0.1) is 10.9 Å². The summed E-state index contributed by atoms with van der Waals surface area (Å²) in [5.41, 5.74) is 1.21. The molecule has 0 radical (unpaired) electrons. The Bertz CT molecular complexity index is 1230. The number of carboxylic acid groups (broad SMARTS) is 1. The number of aromatic nitrogens is 2. The predicted octanol–water partition coefficient (Wildman–Crippen LogP) is 1.12. The number of amides is 1. The highest BCUT2D eigenvalue weighted by Gasteiger charge is 2.34. The molecule has 3 aromatic rings. The standard InChI is InChI=1S/C21H19N3O5/c25-18(24-12-14-6-2-1-5-13(14)11-17(24)20(27)28)9-10-23-16-8-4-3-7-15(16)19(26)22-21(23)29/h1-8,17H,9-12H2,(H,27,28)(H,22,26,29)/t17-/m0/s1. The van der Waals surface area contributed by atoms with Gasteiger partial charge in [-0.1, -0.05) is 36.4 Å². The van der Waals surface area contributed by atoms with Crippen molar-refractivity contribution in [3.05, 3.63) is 80.5 Å². The van der Waals surface area contributed by atoms with Gasteiger partial charge >= 0.3 is 11.7 Å². The molecule has 2 N–H and O–H groups in total. The Kier molecular flexibility index (Phi) is 4.75. The normalized spacial score (nSPS) is 15.9.